The van der Waals surface area contributed by atoms with Crippen molar-refractivity contribution in [2.45, 2.75) is 0 Å². The lowest BCUT2D eigenvalue weighted by Gasteiger charge is -2.12. The molecule has 2 N–H and O–H groups in total. The molecule has 0 unspecified atom stereocenters. The number of hydrogen-bond acceptors (Lipinski definition) is 1. The molecular weight excluding hydrogens is 326 g/mol. The summed E-state index contributed by atoms with van der Waals surface area (Å²) >= 11 is 0. The van der Waals surface area contributed by atoms with Crippen molar-refractivity contribution in [3.05, 3.63) is 126 Å². The predicted molar refractivity (Wildman–Crippen MR) is 116 cm³/mol. The Morgan fingerprint density at radius 1 is 0.593 bits per heavy atom. The molecule has 4 rings (SSSR count). The first-order valence-electron chi connectivity index (χ1n) is 9.09. The van der Waals surface area contributed by atoms with Gasteiger partial charge < -0.3 is 5.73 Å². The second-order valence-corrected chi connectivity index (χ2v) is 6.50. The Kier molecular flexibility index (Phi) is 4.84. The summed E-state index contributed by atoms with van der Waals surface area (Å²) in [5, 5.41) is 0. The third-order valence-electron chi connectivity index (χ3n) is 4.63. The molecule has 4 aromatic carbocycles. The third kappa shape index (κ3) is 3.83. The van der Waals surface area contributed by atoms with Crippen LogP contribution in [-0.4, -0.2) is 0 Å². The maximum Gasteiger partial charge on any atom is 0.0320 e. The molecule has 130 valence electrons. The highest BCUT2D eigenvalue weighted by atomic mass is 14.5. The Labute approximate surface area is 160 Å². The molecule has 0 aliphatic heterocycles. The van der Waals surface area contributed by atoms with Crippen LogP contribution in [0.4, 0.5) is 5.69 Å². The second-order valence-electron chi connectivity index (χ2n) is 6.50. The van der Waals surface area contributed by atoms with Crippen LogP contribution in [0.3, 0.4) is 0 Å². The average Bonchev–Trinajstić information content (AvgIpc) is 2.75. The number of nitrogens with two attached hydrogens (primary N) is 1. The van der Waals surface area contributed by atoms with E-state index in [4.69, 9.17) is 5.73 Å². The van der Waals surface area contributed by atoms with E-state index in [1.165, 1.54) is 16.7 Å². The molecule has 0 saturated heterocycles. The largest absolute Gasteiger partial charge is 0.399 e. The van der Waals surface area contributed by atoms with Gasteiger partial charge in [0, 0.05) is 5.69 Å². The Morgan fingerprint density at radius 2 is 1.11 bits per heavy atom. The van der Waals surface area contributed by atoms with Crippen molar-refractivity contribution in [1.29, 1.82) is 0 Å². The lowest BCUT2D eigenvalue weighted by Crippen LogP contribution is -1.92. The number of rotatable bonds is 4. The summed E-state index contributed by atoms with van der Waals surface area (Å²) in [5.74, 6) is 0. The molecule has 0 atom stereocenters. The van der Waals surface area contributed by atoms with Crippen molar-refractivity contribution in [3.63, 3.8) is 0 Å². The normalized spacial score (nSPS) is 10.4. The quantitative estimate of drug-likeness (QED) is 0.330. The van der Waals surface area contributed by atoms with Crippen LogP contribution in [0.1, 0.15) is 16.7 Å². The zero-order valence-corrected chi connectivity index (χ0v) is 15.0. The van der Waals surface area contributed by atoms with Gasteiger partial charge >= 0.3 is 0 Å². The van der Waals surface area contributed by atoms with E-state index in [9.17, 15) is 0 Å². The summed E-state index contributed by atoms with van der Waals surface area (Å²) in [7, 11) is 0. The molecular formula is C26H21N. The van der Waals surface area contributed by atoms with Crippen LogP contribution in [0.15, 0.2) is 109 Å². The van der Waals surface area contributed by atoms with Gasteiger partial charge in [-0.05, 0) is 51.6 Å². The number of hydrogen-bond donors (Lipinski definition) is 1. The Morgan fingerprint density at radius 3 is 1.67 bits per heavy atom. The van der Waals surface area contributed by atoms with E-state index < -0.39 is 0 Å². The van der Waals surface area contributed by atoms with E-state index in [1.807, 2.05) is 24.3 Å². The average molecular weight is 347 g/mol. The van der Waals surface area contributed by atoms with Gasteiger partial charge in [0.2, 0.25) is 0 Å². The molecule has 27 heavy (non-hydrogen) atoms. The number of nitrogen functional groups attached to an aromatic ring is 1. The van der Waals surface area contributed by atoms with Crippen LogP contribution in [0.5, 0.6) is 0 Å². The molecule has 0 radical (unpaired) electrons. The van der Waals surface area contributed by atoms with Gasteiger partial charge in [-0.25, -0.2) is 0 Å². The molecule has 0 saturated carbocycles. The SMILES string of the molecule is Nc1ccc(C=C(c2ccccc2)c2ccccc2)c(-c2ccccc2)c1. The number of anilines is 1. The molecule has 0 amide bonds. The topological polar surface area (TPSA) is 26.0 Å². The monoisotopic (exact) mass is 347 g/mol. The Bertz CT molecular complexity index is 1010. The second kappa shape index (κ2) is 7.76. The van der Waals surface area contributed by atoms with Gasteiger partial charge in [-0.1, -0.05) is 97.1 Å². The van der Waals surface area contributed by atoms with Crippen molar-refractivity contribution < 1.29 is 0 Å². The van der Waals surface area contributed by atoms with Gasteiger partial charge in [0.1, 0.15) is 0 Å². The molecule has 1 nitrogen and oxygen atoms in total. The summed E-state index contributed by atoms with van der Waals surface area (Å²) in [6.45, 7) is 0. The summed E-state index contributed by atoms with van der Waals surface area (Å²) in [6, 6.07) is 37.5. The van der Waals surface area contributed by atoms with Crippen molar-refractivity contribution in [1.82, 2.24) is 0 Å². The van der Waals surface area contributed by atoms with Gasteiger partial charge in [0.15, 0.2) is 0 Å². The van der Waals surface area contributed by atoms with Crippen LogP contribution < -0.4 is 5.73 Å². The molecule has 0 bridgehead atoms. The lowest BCUT2D eigenvalue weighted by molar-refractivity contribution is 1.54. The van der Waals surface area contributed by atoms with Crippen molar-refractivity contribution in [3.8, 4) is 11.1 Å². The minimum absolute atomic E-state index is 0.770. The molecule has 0 aliphatic rings. The van der Waals surface area contributed by atoms with E-state index in [2.05, 4.69) is 91.0 Å². The van der Waals surface area contributed by atoms with Crippen molar-refractivity contribution >= 4 is 17.3 Å². The predicted octanol–water partition coefficient (Wildman–Crippen LogP) is 6.52. The smallest absolute Gasteiger partial charge is 0.0320 e. The van der Waals surface area contributed by atoms with Crippen molar-refractivity contribution in [2.24, 2.45) is 0 Å². The van der Waals surface area contributed by atoms with E-state index >= 15 is 0 Å². The fraction of sp³-hybridized carbons (Fsp3) is 0. The minimum atomic E-state index is 0.770. The molecule has 1 heteroatoms. The Hall–Kier alpha value is -3.58. The van der Waals surface area contributed by atoms with Gasteiger partial charge in [0.25, 0.3) is 0 Å². The number of benzene rings is 4. The first-order valence-corrected chi connectivity index (χ1v) is 9.09. The molecule has 0 spiro atoms. The third-order valence-corrected chi connectivity index (χ3v) is 4.63. The van der Waals surface area contributed by atoms with E-state index in [0.29, 0.717) is 0 Å². The van der Waals surface area contributed by atoms with Gasteiger partial charge in [-0.15, -0.1) is 0 Å². The van der Waals surface area contributed by atoms with Gasteiger partial charge in [-0.2, -0.15) is 0 Å². The zero-order valence-electron chi connectivity index (χ0n) is 15.0. The van der Waals surface area contributed by atoms with Crippen LogP contribution in [0, 0.1) is 0 Å². The Balaban J connectivity index is 1.92. The fourth-order valence-electron chi connectivity index (χ4n) is 3.29. The van der Waals surface area contributed by atoms with Crippen LogP contribution in [-0.2, 0) is 0 Å². The molecule has 0 aromatic heterocycles. The van der Waals surface area contributed by atoms with Crippen molar-refractivity contribution in [2.75, 3.05) is 5.73 Å². The van der Waals surface area contributed by atoms with E-state index in [-0.39, 0.29) is 0 Å². The zero-order chi connectivity index (χ0) is 18.5. The minimum Gasteiger partial charge on any atom is -0.399 e. The summed E-state index contributed by atoms with van der Waals surface area (Å²) in [4.78, 5) is 0. The van der Waals surface area contributed by atoms with E-state index in [1.54, 1.807) is 0 Å². The molecule has 0 fully saturated rings. The lowest BCUT2D eigenvalue weighted by atomic mass is 9.92. The molecule has 0 heterocycles. The first kappa shape index (κ1) is 16.9. The van der Waals surface area contributed by atoms with Gasteiger partial charge in [0.05, 0.1) is 0 Å². The summed E-state index contributed by atoms with van der Waals surface area (Å²) in [5.41, 5.74) is 13.9. The highest BCUT2D eigenvalue weighted by Gasteiger charge is 2.09. The van der Waals surface area contributed by atoms with Crippen LogP contribution in [0.2, 0.25) is 0 Å². The van der Waals surface area contributed by atoms with Crippen LogP contribution >= 0.6 is 0 Å². The highest BCUT2D eigenvalue weighted by Crippen LogP contribution is 2.32. The maximum absolute atomic E-state index is 6.10. The maximum atomic E-state index is 6.10. The first-order chi connectivity index (χ1) is 13.3. The highest BCUT2D eigenvalue weighted by molar-refractivity contribution is 5.94. The summed E-state index contributed by atoms with van der Waals surface area (Å²) < 4.78 is 0. The summed E-state index contributed by atoms with van der Waals surface area (Å²) in [6.07, 6.45) is 2.26. The van der Waals surface area contributed by atoms with E-state index in [0.717, 1.165) is 22.4 Å². The molecule has 4 aromatic rings. The molecule has 0 aliphatic carbocycles. The van der Waals surface area contributed by atoms with Gasteiger partial charge in [-0.3, -0.25) is 0 Å². The van der Waals surface area contributed by atoms with Crippen LogP contribution in [0.25, 0.3) is 22.8 Å². The fourth-order valence-corrected chi connectivity index (χ4v) is 3.29. The standard InChI is InChI=1S/C26H21N/c27-24-17-16-23(26(19-24)22-14-8-3-9-15-22)18-25(20-10-4-1-5-11-20)21-12-6-2-7-13-21/h1-19H,27H2.